The van der Waals surface area contributed by atoms with Crippen LogP contribution in [0.15, 0.2) is 80.9 Å². The molecule has 1 aliphatic rings. The lowest BCUT2D eigenvalue weighted by Crippen LogP contribution is -2.27. The van der Waals surface area contributed by atoms with Gasteiger partial charge in [-0.1, -0.05) is 51.8 Å². The van der Waals surface area contributed by atoms with E-state index >= 15 is 0 Å². The molecule has 4 rings (SSSR count). The Morgan fingerprint density at radius 3 is 2.58 bits per heavy atom. The number of carbonyl (C=O) groups excluding carboxylic acids is 1. The topological polar surface area (TPSA) is 45.8 Å². The Balaban J connectivity index is 1.73. The summed E-state index contributed by atoms with van der Waals surface area (Å²) in [5.74, 6) is 0.449. The monoisotopic (exact) mass is 428 g/mol. The summed E-state index contributed by atoms with van der Waals surface area (Å²) in [5.41, 5.74) is 2.23. The van der Waals surface area contributed by atoms with Crippen LogP contribution in [-0.4, -0.2) is 16.6 Å². The van der Waals surface area contributed by atoms with Gasteiger partial charge in [0.25, 0.3) is 5.91 Å². The zero-order chi connectivity index (χ0) is 18.1. The van der Waals surface area contributed by atoms with E-state index in [2.05, 4.69) is 21.0 Å². The van der Waals surface area contributed by atoms with Crippen molar-refractivity contribution in [3.63, 3.8) is 0 Å². The molecule has 4 nitrogen and oxygen atoms in total. The molecule has 0 radical (unpaired) electrons. The summed E-state index contributed by atoms with van der Waals surface area (Å²) >= 11 is 9.65. The standard InChI is InChI=1S/C20H14BrClN2O2/c21-14-9-7-13(8-10-14)17-12-18(19-6-3-11-26-19)24(23-17)20(25)15-4-1-2-5-16(15)22/h1-11,18H,12H2/t18-/m0/s1. The predicted molar refractivity (Wildman–Crippen MR) is 104 cm³/mol. The van der Waals surface area contributed by atoms with E-state index in [0.29, 0.717) is 22.8 Å². The molecule has 1 aromatic heterocycles. The van der Waals surface area contributed by atoms with Crippen molar-refractivity contribution in [3.8, 4) is 0 Å². The summed E-state index contributed by atoms with van der Waals surface area (Å²) in [4.78, 5) is 13.1. The number of furan rings is 1. The number of halogens is 2. The first-order valence-corrected chi connectivity index (χ1v) is 9.25. The fraction of sp³-hybridized carbons (Fsp3) is 0.100. The lowest BCUT2D eigenvalue weighted by molar-refractivity contribution is 0.0693. The lowest BCUT2D eigenvalue weighted by atomic mass is 10.0. The third-order valence-electron chi connectivity index (χ3n) is 4.27. The second-order valence-corrected chi connectivity index (χ2v) is 7.24. The normalized spacial score (nSPS) is 16.6. The first-order valence-electron chi connectivity index (χ1n) is 8.08. The van der Waals surface area contributed by atoms with Gasteiger partial charge in [0.05, 0.1) is 22.6 Å². The van der Waals surface area contributed by atoms with E-state index in [1.807, 2.05) is 36.4 Å². The molecule has 2 aromatic carbocycles. The summed E-state index contributed by atoms with van der Waals surface area (Å²) in [6, 6.07) is 18.2. The maximum atomic E-state index is 13.1. The first kappa shape index (κ1) is 17.1. The lowest BCUT2D eigenvalue weighted by Gasteiger charge is -2.20. The Labute approximate surface area is 164 Å². The molecule has 130 valence electrons. The van der Waals surface area contributed by atoms with Crippen LogP contribution in [-0.2, 0) is 0 Å². The van der Waals surface area contributed by atoms with Crippen molar-refractivity contribution in [3.05, 3.63) is 93.3 Å². The zero-order valence-corrected chi connectivity index (χ0v) is 15.9. The molecule has 0 fully saturated rings. The van der Waals surface area contributed by atoms with Crippen LogP contribution in [0.5, 0.6) is 0 Å². The Kier molecular flexibility index (Phi) is 4.66. The second kappa shape index (κ2) is 7.09. The summed E-state index contributed by atoms with van der Waals surface area (Å²) in [5, 5.41) is 6.48. The second-order valence-electron chi connectivity index (χ2n) is 5.92. The molecule has 0 spiro atoms. The van der Waals surface area contributed by atoms with Crippen LogP contribution in [0.1, 0.15) is 34.1 Å². The van der Waals surface area contributed by atoms with E-state index in [9.17, 15) is 4.79 Å². The molecule has 0 N–H and O–H groups in total. The van der Waals surface area contributed by atoms with Gasteiger partial charge in [0.15, 0.2) is 0 Å². The molecule has 6 heteroatoms. The number of benzene rings is 2. The van der Waals surface area contributed by atoms with Crippen molar-refractivity contribution in [1.82, 2.24) is 5.01 Å². The van der Waals surface area contributed by atoms with Crippen LogP contribution in [0.2, 0.25) is 5.02 Å². The highest BCUT2D eigenvalue weighted by atomic mass is 79.9. The summed E-state index contributed by atoms with van der Waals surface area (Å²) < 4.78 is 6.55. The molecular formula is C20H14BrClN2O2. The molecule has 0 bridgehead atoms. The minimum Gasteiger partial charge on any atom is -0.467 e. The van der Waals surface area contributed by atoms with Crippen molar-refractivity contribution in [2.24, 2.45) is 5.10 Å². The van der Waals surface area contributed by atoms with Gasteiger partial charge in [-0.05, 0) is 42.0 Å². The Morgan fingerprint density at radius 1 is 1.12 bits per heavy atom. The number of hydrazone groups is 1. The van der Waals surface area contributed by atoms with Gasteiger partial charge in [0, 0.05) is 10.9 Å². The van der Waals surface area contributed by atoms with Crippen molar-refractivity contribution in [2.45, 2.75) is 12.5 Å². The average molecular weight is 430 g/mol. The molecule has 3 aromatic rings. The average Bonchev–Trinajstić information content (AvgIpc) is 3.32. The molecule has 0 unspecified atom stereocenters. The highest BCUT2D eigenvalue weighted by molar-refractivity contribution is 9.10. The summed E-state index contributed by atoms with van der Waals surface area (Å²) in [7, 11) is 0. The van der Waals surface area contributed by atoms with Gasteiger partial charge in [0.2, 0.25) is 0 Å². The fourth-order valence-corrected chi connectivity index (χ4v) is 3.46. The Hall–Kier alpha value is -2.37. The molecule has 0 aliphatic carbocycles. The van der Waals surface area contributed by atoms with Crippen molar-refractivity contribution < 1.29 is 9.21 Å². The quantitative estimate of drug-likeness (QED) is 0.537. The maximum Gasteiger partial charge on any atom is 0.276 e. The van der Waals surface area contributed by atoms with E-state index in [1.165, 1.54) is 5.01 Å². The molecule has 1 atom stereocenters. The Bertz CT molecular complexity index is 968. The SMILES string of the molecule is O=C(c1ccccc1Cl)N1N=C(c2ccc(Br)cc2)C[C@H]1c1ccco1. The number of nitrogens with zero attached hydrogens (tertiary/aromatic N) is 2. The Morgan fingerprint density at radius 2 is 1.88 bits per heavy atom. The zero-order valence-electron chi connectivity index (χ0n) is 13.6. The van der Waals surface area contributed by atoms with Crippen molar-refractivity contribution in [1.29, 1.82) is 0 Å². The largest absolute Gasteiger partial charge is 0.467 e. The van der Waals surface area contributed by atoms with Crippen LogP contribution in [0.4, 0.5) is 0 Å². The molecule has 0 saturated carbocycles. The van der Waals surface area contributed by atoms with Gasteiger partial charge < -0.3 is 4.42 Å². The van der Waals surface area contributed by atoms with Gasteiger partial charge >= 0.3 is 0 Å². The number of hydrogen-bond donors (Lipinski definition) is 0. The number of amides is 1. The molecule has 2 heterocycles. The van der Waals surface area contributed by atoms with Gasteiger partial charge in [-0.15, -0.1) is 0 Å². The maximum absolute atomic E-state index is 13.1. The molecule has 26 heavy (non-hydrogen) atoms. The molecule has 0 saturated heterocycles. The van der Waals surface area contributed by atoms with E-state index < -0.39 is 0 Å². The predicted octanol–water partition coefficient (Wildman–Crippen LogP) is 5.69. The third kappa shape index (κ3) is 3.20. The summed E-state index contributed by atoms with van der Waals surface area (Å²) in [6.07, 6.45) is 2.18. The molecule has 1 amide bonds. The van der Waals surface area contributed by atoms with Gasteiger partial charge in [0.1, 0.15) is 11.8 Å². The first-order chi connectivity index (χ1) is 12.6. The minimum absolute atomic E-state index is 0.246. The van der Waals surface area contributed by atoms with Gasteiger partial charge in [-0.2, -0.15) is 5.10 Å². The van der Waals surface area contributed by atoms with Crippen molar-refractivity contribution in [2.75, 3.05) is 0 Å². The van der Waals surface area contributed by atoms with Gasteiger partial charge in [-0.25, -0.2) is 5.01 Å². The van der Waals surface area contributed by atoms with E-state index in [0.717, 1.165) is 15.7 Å². The smallest absolute Gasteiger partial charge is 0.276 e. The van der Waals surface area contributed by atoms with Crippen LogP contribution in [0.25, 0.3) is 0 Å². The number of hydrogen-bond acceptors (Lipinski definition) is 3. The number of carbonyl (C=O) groups is 1. The van der Waals surface area contributed by atoms with E-state index in [4.69, 9.17) is 16.0 Å². The van der Waals surface area contributed by atoms with Crippen molar-refractivity contribution >= 4 is 39.1 Å². The minimum atomic E-state index is -0.299. The van der Waals surface area contributed by atoms with Gasteiger partial charge in [-0.3, -0.25) is 4.79 Å². The van der Waals surface area contributed by atoms with Crippen LogP contribution >= 0.6 is 27.5 Å². The summed E-state index contributed by atoms with van der Waals surface area (Å²) in [6.45, 7) is 0. The highest BCUT2D eigenvalue weighted by Gasteiger charge is 2.35. The van der Waals surface area contributed by atoms with E-state index in [-0.39, 0.29) is 11.9 Å². The molecular weight excluding hydrogens is 416 g/mol. The fourth-order valence-electron chi connectivity index (χ4n) is 2.98. The van der Waals surface area contributed by atoms with Crippen LogP contribution < -0.4 is 0 Å². The van der Waals surface area contributed by atoms with E-state index in [1.54, 1.807) is 30.5 Å². The van der Waals surface area contributed by atoms with Crippen LogP contribution in [0, 0.1) is 0 Å². The third-order valence-corrected chi connectivity index (χ3v) is 5.13. The van der Waals surface area contributed by atoms with Crippen LogP contribution in [0.3, 0.4) is 0 Å². The number of rotatable bonds is 3. The molecule has 1 aliphatic heterocycles. The highest BCUT2D eigenvalue weighted by Crippen LogP contribution is 2.35.